The molecule has 0 saturated heterocycles. The van der Waals surface area contributed by atoms with Crippen LogP contribution in [0.2, 0.25) is 0 Å². The van der Waals surface area contributed by atoms with Gasteiger partial charge in [0.25, 0.3) is 0 Å². The fraction of sp³-hybridized carbons (Fsp3) is 0.700. The lowest BCUT2D eigenvalue weighted by molar-refractivity contribution is 0.564. The van der Waals surface area contributed by atoms with Gasteiger partial charge in [-0.25, -0.2) is 4.98 Å². The van der Waals surface area contributed by atoms with Crippen LogP contribution < -0.4 is 11.1 Å². The van der Waals surface area contributed by atoms with E-state index in [0.29, 0.717) is 5.92 Å². The van der Waals surface area contributed by atoms with Gasteiger partial charge >= 0.3 is 0 Å². The first-order valence-corrected chi connectivity index (χ1v) is 5.23. The van der Waals surface area contributed by atoms with E-state index in [0.717, 1.165) is 32.0 Å². The molecule has 0 aliphatic heterocycles. The minimum Gasteiger partial charge on any atom is -0.355 e. The van der Waals surface area contributed by atoms with Crippen molar-refractivity contribution in [2.24, 2.45) is 11.7 Å². The summed E-state index contributed by atoms with van der Waals surface area (Å²) in [5, 5.41) is 3.33. The van der Waals surface area contributed by atoms with E-state index >= 15 is 0 Å². The highest BCUT2D eigenvalue weighted by Crippen LogP contribution is 2.06. The molecule has 3 N–H and O–H groups in total. The van der Waals surface area contributed by atoms with Crippen molar-refractivity contribution in [3.05, 3.63) is 12.4 Å². The zero-order valence-electron chi connectivity index (χ0n) is 9.03. The standard InChI is InChI=1S/C10H20N4/c1-3-14-7-6-12-10(14)13-8-9(2)4-5-11/h6-7,9H,3-5,8,11H2,1-2H3,(H,12,13). The molecule has 1 rings (SSSR count). The first kappa shape index (κ1) is 11.0. The van der Waals surface area contributed by atoms with Gasteiger partial charge in [0.05, 0.1) is 0 Å². The first-order chi connectivity index (χ1) is 6.77. The monoisotopic (exact) mass is 196 g/mol. The van der Waals surface area contributed by atoms with Gasteiger partial charge in [0.2, 0.25) is 5.95 Å². The first-order valence-electron chi connectivity index (χ1n) is 5.23. The molecule has 0 radical (unpaired) electrons. The lowest BCUT2D eigenvalue weighted by atomic mass is 10.1. The molecule has 0 aromatic carbocycles. The summed E-state index contributed by atoms with van der Waals surface area (Å²) in [6, 6.07) is 0. The molecule has 1 heterocycles. The van der Waals surface area contributed by atoms with Crippen LogP contribution in [0.1, 0.15) is 20.3 Å². The molecule has 4 heteroatoms. The maximum atomic E-state index is 5.49. The Morgan fingerprint density at radius 1 is 1.64 bits per heavy atom. The number of aryl methyl sites for hydroxylation is 1. The fourth-order valence-electron chi connectivity index (χ4n) is 1.38. The molecule has 0 bridgehead atoms. The van der Waals surface area contributed by atoms with Crippen LogP contribution in [0.4, 0.5) is 5.95 Å². The van der Waals surface area contributed by atoms with Crippen LogP contribution in [0.15, 0.2) is 12.4 Å². The second kappa shape index (κ2) is 5.65. The smallest absolute Gasteiger partial charge is 0.202 e. The minimum atomic E-state index is 0.599. The molecule has 14 heavy (non-hydrogen) atoms. The van der Waals surface area contributed by atoms with Crippen molar-refractivity contribution in [1.82, 2.24) is 9.55 Å². The van der Waals surface area contributed by atoms with E-state index in [9.17, 15) is 0 Å². The second-order valence-corrected chi connectivity index (χ2v) is 3.60. The third kappa shape index (κ3) is 3.03. The number of nitrogens with two attached hydrogens (primary N) is 1. The van der Waals surface area contributed by atoms with Crippen LogP contribution in [0.3, 0.4) is 0 Å². The molecule has 80 valence electrons. The van der Waals surface area contributed by atoms with E-state index < -0.39 is 0 Å². The molecule has 0 amide bonds. The van der Waals surface area contributed by atoms with E-state index in [1.54, 1.807) is 0 Å². The molecule has 0 aliphatic carbocycles. The second-order valence-electron chi connectivity index (χ2n) is 3.60. The number of rotatable bonds is 6. The van der Waals surface area contributed by atoms with Crippen LogP contribution in [0, 0.1) is 5.92 Å². The highest BCUT2D eigenvalue weighted by Gasteiger charge is 2.03. The average Bonchev–Trinajstić information content (AvgIpc) is 2.62. The number of hydrogen-bond acceptors (Lipinski definition) is 3. The number of anilines is 1. The molecule has 1 atom stereocenters. The minimum absolute atomic E-state index is 0.599. The summed E-state index contributed by atoms with van der Waals surface area (Å²) in [7, 11) is 0. The lowest BCUT2D eigenvalue weighted by Crippen LogP contribution is -2.17. The van der Waals surface area contributed by atoms with E-state index in [2.05, 4.69) is 28.7 Å². The van der Waals surface area contributed by atoms with Crippen LogP contribution in [0.25, 0.3) is 0 Å². The van der Waals surface area contributed by atoms with Crippen LogP contribution in [-0.2, 0) is 6.54 Å². The van der Waals surface area contributed by atoms with Gasteiger partial charge in [-0.05, 0) is 25.8 Å². The van der Waals surface area contributed by atoms with Crippen molar-refractivity contribution in [2.45, 2.75) is 26.8 Å². The van der Waals surface area contributed by atoms with E-state index in [4.69, 9.17) is 5.73 Å². The van der Waals surface area contributed by atoms with Gasteiger partial charge < -0.3 is 15.6 Å². The third-order valence-corrected chi connectivity index (χ3v) is 2.32. The Morgan fingerprint density at radius 2 is 2.43 bits per heavy atom. The normalized spacial score (nSPS) is 12.8. The molecule has 0 fully saturated rings. The zero-order valence-corrected chi connectivity index (χ0v) is 9.03. The number of nitrogens with one attached hydrogen (secondary N) is 1. The summed E-state index contributed by atoms with van der Waals surface area (Å²) < 4.78 is 2.09. The van der Waals surface area contributed by atoms with Crippen molar-refractivity contribution >= 4 is 5.95 Å². The van der Waals surface area contributed by atoms with Crippen molar-refractivity contribution < 1.29 is 0 Å². The van der Waals surface area contributed by atoms with Gasteiger partial charge in [-0.15, -0.1) is 0 Å². The quantitative estimate of drug-likeness (QED) is 0.721. The summed E-state index contributed by atoms with van der Waals surface area (Å²) in [4.78, 5) is 4.24. The van der Waals surface area contributed by atoms with Crippen molar-refractivity contribution in [3.8, 4) is 0 Å². The van der Waals surface area contributed by atoms with Gasteiger partial charge in [0.1, 0.15) is 0 Å². The molecule has 1 unspecified atom stereocenters. The molecule has 4 nitrogen and oxygen atoms in total. The number of imidazole rings is 1. The Labute approximate surface area is 85.5 Å². The number of aromatic nitrogens is 2. The average molecular weight is 196 g/mol. The van der Waals surface area contributed by atoms with E-state index in [1.165, 1.54) is 0 Å². The van der Waals surface area contributed by atoms with Gasteiger partial charge in [0.15, 0.2) is 0 Å². The van der Waals surface area contributed by atoms with Crippen molar-refractivity contribution in [3.63, 3.8) is 0 Å². The maximum Gasteiger partial charge on any atom is 0.202 e. The Kier molecular flexibility index (Phi) is 4.46. The predicted molar refractivity (Wildman–Crippen MR) is 59.2 cm³/mol. The molecule has 0 spiro atoms. The predicted octanol–water partition coefficient (Wildman–Crippen LogP) is 1.30. The van der Waals surface area contributed by atoms with Crippen molar-refractivity contribution in [2.75, 3.05) is 18.4 Å². The molecule has 0 saturated carbocycles. The summed E-state index contributed by atoms with van der Waals surface area (Å²) in [5.74, 6) is 1.55. The molecule has 1 aromatic rings. The highest BCUT2D eigenvalue weighted by molar-refractivity contribution is 5.25. The summed E-state index contributed by atoms with van der Waals surface area (Å²) in [6.45, 7) is 6.95. The van der Waals surface area contributed by atoms with Gasteiger partial charge in [-0.2, -0.15) is 0 Å². The summed E-state index contributed by atoms with van der Waals surface area (Å²) in [6.07, 6.45) is 4.86. The van der Waals surface area contributed by atoms with E-state index in [-0.39, 0.29) is 0 Å². The van der Waals surface area contributed by atoms with Gasteiger partial charge in [0, 0.05) is 25.5 Å². The van der Waals surface area contributed by atoms with Crippen LogP contribution >= 0.6 is 0 Å². The topological polar surface area (TPSA) is 55.9 Å². The Hall–Kier alpha value is -1.03. The van der Waals surface area contributed by atoms with Crippen LogP contribution in [0.5, 0.6) is 0 Å². The molecule has 1 aromatic heterocycles. The largest absolute Gasteiger partial charge is 0.355 e. The SMILES string of the molecule is CCn1ccnc1NCC(C)CCN. The molecular formula is C10H20N4. The highest BCUT2D eigenvalue weighted by atomic mass is 15.2. The Balaban J connectivity index is 2.37. The number of nitrogens with zero attached hydrogens (tertiary/aromatic N) is 2. The molecule has 0 aliphatic rings. The van der Waals surface area contributed by atoms with Crippen molar-refractivity contribution in [1.29, 1.82) is 0 Å². The van der Waals surface area contributed by atoms with Gasteiger partial charge in [-0.3, -0.25) is 0 Å². The lowest BCUT2D eigenvalue weighted by Gasteiger charge is -2.12. The number of hydrogen-bond donors (Lipinski definition) is 2. The zero-order chi connectivity index (χ0) is 10.4. The fourth-order valence-corrected chi connectivity index (χ4v) is 1.38. The molecular weight excluding hydrogens is 176 g/mol. The Bertz CT molecular complexity index is 256. The van der Waals surface area contributed by atoms with E-state index in [1.807, 2.05) is 12.4 Å². The summed E-state index contributed by atoms with van der Waals surface area (Å²) in [5.41, 5.74) is 5.49. The van der Waals surface area contributed by atoms with Gasteiger partial charge in [-0.1, -0.05) is 6.92 Å². The Morgan fingerprint density at radius 3 is 3.07 bits per heavy atom. The maximum absolute atomic E-state index is 5.49. The third-order valence-electron chi connectivity index (χ3n) is 2.32. The van der Waals surface area contributed by atoms with Crippen LogP contribution in [-0.4, -0.2) is 22.6 Å². The summed E-state index contributed by atoms with van der Waals surface area (Å²) >= 11 is 0.